The first-order chi connectivity index (χ1) is 13.8. The number of nitrogens with zero attached hydrogens (tertiary/aromatic N) is 5. The van der Waals surface area contributed by atoms with Gasteiger partial charge in [0.15, 0.2) is 0 Å². The normalized spacial score (nSPS) is 10.8. The summed E-state index contributed by atoms with van der Waals surface area (Å²) in [4.78, 5) is 20.3. The summed E-state index contributed by atoms with van der Waals surface area (Å²) in [6, 6.07) is 7.85. The zero-order valence-electron chi connectivity index (χ0n) is 20.0. The molecule has 0 atom stereocenters. The van der Waals surface area contributed by atoms with Gasteiger partial charge in [0.1, 0.15) is 12.2 Å². The topological polar surface area (TPSA) is 64.5 Å². The summed E-state index contributed by atoms with van der Waals surface area (Å²) < 4.78 is 0. The van der Waals surface area contributed by atoms with Gasteiger partial charge < -0.3 is 0 Å². The maximum atomic E-state index is 4.14. The van der Waals surface area contributed by atoms with Crippen LogP contribution >= 0.6 is 0 Å². The fourth-order valence-corrected chi connectivity index (χ4v) is 2.23. The van der Waals surface area contributed by atoms with Crippen LogP contribution in [-0.4, -0.2) is 24.9 Å². The van der Waals surface area contributed by atoms with E-state index >= 15 is 0 Å². The van der Waals surface area contributed by atoms with Gasteiger partial charge >= 0.3 is 0 Å². The predicted octanol–water partition coefficient (Wildman–Crippen LogP) is 7.20. The fraction of sp³-hybridized carbons (Fsp3) is 0.519. The van der Waals surface area contributed by atoms with Crippen LogP contribution in [-0.2, 0) is 16.2 Å². The van der Waals surface area contributed by atoms with Crippen molar-refractivity contribution < 1.29 is 0 Å². The standard InChI is InChI=1S/C9H13N.2C8H12N2.2CH4/c1-9(2,3)8-5-4-6-10-7-8;1-8(2,3)7-4-5-9-6-10-7;1-8(2,3)7-9-5-4-6-10-7;;/h4-7H,1-3H3;2*4-6H,1-3H3;2*1H4. The first-order valence-electron chi connectivity index (χ1n) is 10.3. The van der Waals surface area contributed by atoms with Crippen molar-refractivity contribution in [3.8, 4) is 0 Å². The molecule has 0 aliphatic heterocycles. The minimum absolute atomic E-state index is 0. The second-order valence-electron chi connectivity index (χ2n) is 10.2. The Labute approximate surface area is 197 Å². The van der Waals surface area contributed by atoms with Crippen molar-refractivity contribution in [2.24, 2.45) is 0 Å². The van der Waals surface area contributed by atoms with Gasteiger partial charge in [-0.2, -0.15) is 0 Å². The minimum Gasteiger partial charge on any atom is -0.264 e. The van der Waals surface area contributed by atoms with Crippen molar-refractivity contribution in [2.75, 3.05) is 0 Å². The summed E-state index contributed by atoms with van der Waals surface area (Å²) >= 11 is 0. The van der Waals surface area contributed by atoms with Crippen molar-refractivity contribution in [2.45, 2.75) is 93.4 Å². The SMILES string of the molecule is C.C.CC(C)(C)c1cccnc1.CC(C)(C)c1ccncn1.CC(C)(C)c1ncccn1. The van der Waals surface area contributed by atoms with Gasteiger partial charge in [0.05, 0.1) is 0 Å². The first-order valence-corrected chi connectivity index (χ1v) is 10.3. The number of hydrogen-bond donors (Lipinski definition) is 0. The molecule has 0 amide bonds. The van der Waals surface area contributed by atoms with Crippen molar-refractivity contribution in [3.63, 3.8) is 0 Å². The van der Waals surface area contributed by atoms with Gasteiger partial charge in [-0.05, 0) is 29.2 Å². The molecule has 0 aliphatic rings. The molecule has 5 heteroatoms. The molecule has 5 nitrogen and oxygen atoms in total. The lowest BCUT2D eigenvalue weighted by atomic mass is 9.88. The molecule has 3 rings (SSSR count). The molecule has 0 radical (unpaired) electrons. The maximum Gasteiger partial charge on any atom is 0.133 e. The molecule has 3 aromatic rings. The number of hydrogen-bond acceptors (Lipinski definition) is 5. The lowest BCUT2D eigenvalue weighted by Gasteiger charge is -2.17. The fourth-order valence-electron chi connectivity index (χ4n) is 2.23. The molecule has 178 valence electrons. The van der Waals surface area contributed by atoms with E-state index in [1.807, 2.05) is 24.4 Å². The Morgan fingerprint density at radius 2 is 1.16 bits per heavy atom. The summed E-state index contributed by atoms with van der Waals surface area (Å²) in [5, 5.41) is 0. The Bertz CT molecular complexity index is 711. The molecule has 0 saturated heterocycles. The quantitative estimate of drug-likeness (QED) is 0.370. The van der Waals surface area contributed by atoms with Crippen LogP contribution in [0, 0.1) is 0 Å². The second kappa shape index (κ2) is 13.7. The highest BCUT2D eigenvalue weighted by molar-refractivity contribution is 5.17. The Balaban J connectivity index is 0. The summed E-state index contributed by atoms with van der Waals surface area (Å²) in [6.07, 6.45) is 10.6. The van der Waals surface area contributed by atoms with Crippen LogP contribution in [0.4, 0.5) is 0 Å². The highest BCUT2D eigenvalue weighted by Gasteiger charge is 2.15. The molecular formula is C27H45N5. The third-order valence-electron chi connectivity index (χ3n) is 4.11. The van der Waals surface area contributed by atoms with Gasteiger partial charge in [-0.25, -0.2) is 19.9 Å². The van der Waals surface area contributed by atoms with E-state index in [1.165, 1.54) is 5.56 Å². The Kier molecular flexibility index (Phi) is 13.4. The van der Waals surface area contributed by atoms with E-state index in [0.717, 1.165) is 11.5 Å². The molecule has 0 bridgehead atoms. The van der Waals surface area contributed by atoms with Crippen LogP contribution in [0.25, 0.3) is 0 Å². The summed E-state index contributed by atoms with van der Waals surface area (Å²) in [7, 11) is 0. The van der Waals surface area contributed by atoms with Crippen LogP contribution in [0.2, 0.25) is 0 Å². The molecule has 0 spiro atoms. The number of aromatic nitrogens is 5. The van der Waals surface area contributed by atoms with Crippen LogP contribution in [0.15, 0.2) is 61.6 Å². The molecule has 0 unspecified atom stereocenters. The molecule has 3 aromatic heterocycles. The Hall–Kier alpha value is -2.69. The van der Waals surface area contributed by atoms with Crippen LogP contribution in [0.1, 0.15) is 94.2 Å². The van der Waals surface area contributed by atoms with Crippen molar-refractivity contribution in [1.29, 1.82) is 0 Å². The summed E-state index contributed by atoms with van der Waals surface area (Å²) in [5.74, 6) is 0.898. The molecule has 0 N–H and O–H groups in total. The second-order valence-corrected chi connectivity index (χ2v) is 10.2. The molecular weight excluding hydrogens is 394 g/mol. The van der Waals surface area contributed by atoms with E-state index in [2.05, 4.69) is 93.3 Å². The number of rotatable bonds is 0. The summed E-state index contributed by atoms with van der Waals surface area (Å²) in [5.41, 5.74) is 2.82. The van der Waals surface area contributed by atoms with Gasteiger partial charge in [0.25, 0.3) is 0 Å². The van der Waals surface area contributed by atoms with E-state index in [-0.39, 0.29) is 31.1 Å². The van der Waals surface area contributed by atoms with Crippen LogP contribution < -0.4 is 0 Å². The third kappa shape index (κ3) is 12.2. The van der Waals surface area contributed by atoms with Crippen molar-refractivity contribution >= 4 is 0 Å². The molecule has 3 heterocycles. The monoisotopic (exact) mass is 439 g/mol. The third-order valence-corrected chi connectivity index (χ3v) is 4.11. The van der Waals surface area contributed by atoms with Crippen molar-refractivity contribution in [1.82, 2.24) is 24.9 Å². The minimum atomic E-state index is 0. The highest BCUT2D eigenvalue weighted by atomic mass is 14.9. The van der Waals surface area contributed by atoms with E-state index < -0.39 is 0 Å². The lowest BCUT2D eigenvalue weighted by molar-refractivity contribution is 0.545. The van der Waals surface area contributed by atoms with Crippen molar-refractivity contribution in [3.05, 3.63) is 78.7 Å². The Morgan fingerprint density at radius 1 is 0.562 bits per heavy atom. The largest absolute Gasteiger partial charge is 0.264 e. The van der Waals surface area contributed by atoms with Crippen LogP contribution in [0.5, 0.6) is 0 Å². The van der Waals surface area contributed by atoms with E-state index in [9.17, 15) is 0 Å². The van der Waals surface area contributed by atoms with E-state index in [1.54, 1.807) is 31.1 Å². The van der Waals surface area contributed by atoms with Crippen LogP contribution in [0.3, 0.4) is 0 Å². The number of pyridine rings is 1. The molecule has 32 heavy (non-hydrogen) atoms. The van der Waals surface area contributed by atoms with Gasteiger partial charge in [0.2, 0.25) is 0 Å². The summed E-state index contributed by atoms with van der Waals surface area (Å²) in [6.45, 7) is 19.3. The van der Waals surface area contributed by atoms with E-state index in [4.69, 9.17) is 0 Å². The Morgan fingerprint density at radius 3 is 1.44 bits per heavy atom. The molecule has 0 aliphatic carbocycles. The lowest BCUT2D eigenvalue weighted by Crippen LogP contribution is -2.14. The molecule has 0 fully saturated rings. The maximum absolute atomic E-state index is 4.14. The smallest absolute Gasteiger partial charge is 0.133 e. The first kappa shape index (κ1) is 31.5. The zero-order chi connectivity index (χ0) is 22.8. The molecule has 0 saturated carbocycles. The van der Waals surface area contributed by atoms with Gasteiger partial charge in [-0.1, -0.05) is 83.2 Å². The van der Waals surface area contributed by atoms with Gasteiger partial charge in [0, 0.05) is 47.5 Å². The highest BCUT2D eigenvalue weighted by Crippen LogP contribution is 2.20. The zero-order valence-corrected chi connectivity index (χ0v) is 20.0. The van der Waals surface area contributed by atoms with Gasteiger partial charge in [-0.3, -0.25) is 4.98 Å². The van der Waals surface area contributed by atoms with Gasteiger partial charge in [-0.15, -0.1) is 0 Å². The average Bonchev–Trinajstić information content (AvgIpc) is 2.69. The van der Waals surface area contributed by atoms with E-state index in [0.29, 0.717) is 0 Å². The predicted molar refractivity (Wildman–Crippen MR) is 138 cm³/mol. The average molecular weight is 440 g/mol. The molecule has 0 aromatic carbocycles.